The van der Waals surface area contributed by atoms with Crippen molar-refractivity contribution < 1.29 is 9.53 Å². The molecule has 2 rings (SSSR count). The molecule has 1 aromatic rings. The molecule has 0 bridgehead atoms. The van der Waals surface area contributed by atoms with E-state index < -0.39 is 5.92 Å². The van der Waals surface area contributed by atoms with Gasteiger partial charge in [-0.15, -0.1) is 0 Å². The highest BCUT2D eigenvalue weighted by atomic mass is 16.5. The van der Waals surface area contributed by atoms with Crippen molar-refractivity contribution in [2.24, 2.45) is 5.92 Å². The minimum Gasteiger partial charge on any atom is -0.376 e. The molecule has 1 saturated carbocycles. The number of hydrogen-bond acceptors (Lipinski definition) is 3. The number of nitriles is 1. The first-order valence-electron chi connectivity index (χ1n) is 7.62. The fourth-order valence-corrected chi connectivity index (χ4v) is 2.62. The Morgan fingerprint density at radius 2 is 2.05 bits per heavy atom. The Morgan fingerprint density at radius 3 is 2.71 bits per heavy atom. The van der Waals surface area contributed by atoms with Crippen molar-refractivity contribution >= 4 is 5.91 Å². The molecule has 4 heteroatoms. The van der Waals surface area contributed by atoms with E-state index in [0.717, 1.165) is 18.4 Å². The van der Waals surface area contributed by atoms with Crippen LogP contribution in [0.5, 0.6) is 0 Å². The third-order valence-corrected chi connectivity index (χ3v) is 3.81. The molecule has 0 saturated heterocycles. The lowest BCUT2D eigenvalue weighted by molar-refractivity contribution is -0.123. The summed E-state index contributed by atoms with van der Waals surface area (Å²) in [4.78, 5) is 12.0. The molecule has 1 atom stereocenters. The van der Waals surface area contributed by atoms with E-state index in [2.05, 4.69) is 11.4 Å². The first-order chi connectivity index (χ1) is 10.3. The summed E-state index contributed by atoms with van der Waals surface area (Å²) in [5.41, 5.74) is 1.00. The van der Waals surface area contributed by atoms with Crippen LogP contribution >= 0.6 is 0 Å². The van der Waals surface area contributed by atoms with Crippen molar-refractivity contribution in [3.05, 3.63) is 35.9 Å². The number of hydrogen-bond donors (Lipinski definition) is 1. The smallest absolute Gasteiger partial charge is 0.237 e. The van der Waals surface area contributed by atoms with E-state index in [-0.39, 0.29) is 5.91 Å². The highest BCUT2D eigenvalue weighted by Gasteiger charge is 2.18. The Morgan fingerprint density at radius 1 is 1.33 bits per heavy atom. The number of nitrogens with one attached hydrogen (secondary N) is 1. The second-order valence-electron chi connectivity index (χ2n) is 5.44. The van der Waals surface area contributed by atoms with Gasteiger partial charge in [0.05, 0.1) is 18.8 Å². The van der Waals surface area contributed by atoms with E-state index in [1.165, 1.54) is 12.8 Å². The van der Waals surface area contributed by atoms with Crippen LogP contribution in [0.3, 0.4) is 0 Å². The molecule has 0 radical (unpaired) electrons. The maximum atomic E-state index is 12.0. The minimum atomic E-state index is -0.640. The summed E-state index contributed by atoms with van der Waals surface area (Å²) in [6, 6.07) is 11.7. The molecule has 1 aliphatic carbocycles. The van der Waals surface area contributed by atoms with Crippen molar-refractivity contribution in [2.45, 2.75) is 38.2 Å². The summed E-state index contributed by atoms with van der Waals surface area (Å²) in [5.74, 6) is -0.852. The molecule has 1 unspecified atom stereocenters. The maximum absolute atomic E-state index is 12.0. The van der Waals surface area contributed by atoms with Gasteiger partial charge in [0.25, 0.3) is 0 Å². The lowest BCUT2D eigenvalue weighted by Gasteiger charge is -2.13. The molecule has 0 spiro atoms. The molecule has 0 aromatic heterocycles. The van der Waals surface area contributed by atoms with Gasteiger partial charge in [0, 0.05) is 6.54 Å². The van der Waals surface area contributed by atoms with Crippen LogP contribution in [0.15, 0.2) is 30.3 Å². The van der Waals surface area contributed by atoms with Crippen LogP contribution in [-0.2, 0) is 16.0 Å². The average molecular weight is 286 g/mol. The number of rotatable bonds is 7. The predicted octanol–water partition coefficient (Wildman–Crippen LogP) is 2.44. The van der Waals surface area contributed by atoms with Gasteiger partial charge in [0.1, 0.15) is 5.92 Å². The van der Waals surface area contributed by atoms with Crippen molar-refractivity contribution in [3.63, 3.8) is 0 Å². The van der Waals surface area contributed by atoms with Crippen LogP contribution in [0.2, 0.25) is 0 Å². The number of benzene rings is 1. The highest BCUT2D eigenvalue weighted by molar-refractivity contribution is 5.81. The molecule has 0 aliphatic heterocycles. The first-order valence-corrected chi connectivity index (χ1v) is 7.62. The summed E-state index contributed by atoms with van der Waals surface area (Å²) >= 11 is 0. The largest absolute Gasteiger partial charge is 0.376 e. The van der Waals surface area contributed by atoms with Gasteiger partial charge in [-0.2, -0.15) is 5.26 Å². The number of carbonyl (C=O) groups is 1. The molecule has 1 aliphatic rings. The number of carbonyl (C=O) groups excluding carboxylic acids is 1. The molecule has 1 aromatic carbocycles. The zero-order chi connectivity index (χ0) is 14.9. The minimum absolute atomic E-state index is 0.212. The zero-order valence-corrected chi connectivity index (χ0v) is 12.3. The quantitative estimate of drug-likeness (QED) is 0.783. The Bertz CT molecular complexity index is 475. The van der Waals surface area contributed by atoms with Crippen molar-refractivity contribution in [2.75, 3.05) is 13.2 Å². The lowest BCUT2D eigenvalue weighted by atomic mass is 10.00. The number of nitrogens with zero attached hydrogens (tertiary/aromatic N) is 1. The average Bonchev–Trinajstić information content (AvgIpc) is 3.03. The summed E-state index contributed by atoms with van der Waals surface area (Å²) in [6.45, 7) is 1.00. The zero-order valence-electron chi connectivity index (χ0n) is 12.3. The Labute approximate surface area is 126 Å². The predicted molar refractivity (Wildman–Crippen MR) is 80.5 cm³/mol. The van der Waals surface area contributed by atoms with Gasteiger partial charge in [-0.05, 0) is 24.8 Å². The number of amides is 1. The molecule has 1 fully saturated rings. The Kier molecular flexibility index (Phi) is 6.23. The SMILES string of the molecule is N#CC(Cc1ccccc1)C(=O)NCCOC1CCCC1. The molecule has 1 amide bonds. The van der Waals surface area contributed by atoms with Crippen LogP contribution in [0.1, 0.15) is 31.2 Å². The summed E-state index contributed by atoms with van der Waals surface area (Å²) < 4.78 is 5.69. The van der Waals surface area contributed by atoms with E-state index in [0.29, 0.717) is 25.7 Å². The van der Waals surface area contributed by atoms with Gasteiger partial charge in [0.2, 0.25) is 5.91 Å². The summed E-state index contributed by atoms with van der Waals surface area (Å²) in [7, 11) is 0. The van der Waals surface area contributed by atoms with E-state index in [9.17, 15) is 4.79 Å². The number of ether oxygens (including phenoxy) is 1. The first kappa shape index (κ1) is 15.5. The van der Waals surface area contributed by atoms with Gasteiger partial charge in [-0.25, -0.2) is 0 Å². The molecule has 21 heavy (non-hydrogen) atoms. The van der Waals surface area contributed by atoms with Crippen molar-refractivity contribution in [1.29, 1.82) is 5.26 Å². The Balaban J connectivity index is 1.69. The Hall–Kier alpha value is -1.86. The third kappa shape index (κ3) is 5.20. The van der Waals surface area contributed by atoms with Crippen LogP contribution in [0, 0.1) is 17.2 Å². The van der Waals surface area contributed by atoms with Crippen molar-refractivity contribution in [3.8, 4) is 6.07 Å². The molecule has 4 nitrogen and oxygen atoms in total. The van der Waals surface area contributed by atoms with Gasteiger partial charge < -0.3 is 10.1 Å². The van der Waals surface area contributed by atoms with E-state index in [4.69, 9.17) is 10.00 Å². The normalized spacial score (nSPS) is 16.3. The topological polar surface area (TPSA) is 62.1 Å². The summed E-state index contributed by atoms with van der Waals surface area (Å²) in [6.07, 6.45) is 5.55. The van der Waals surface area contributed by atoms with Crippen LogP contribution in [0.25, 0.3) is 0 Å². The van der Waals surface area contributed by atoms with Gasteiger partial charge >= 0.3 is 0 Å². The molecule has 112 valence electrons. The second-order valence-corrected chi connectivity index (χ2v) is 5.44. The molecule has 0 heterocycles. The van der Waals surface area contributed by atoms with Crippen molar-refractivity contribution in [1.82, 2.24) is 5.32 Å². The second kappa shape index (κ2) is 8.43. The third-order valence-electron chi connectivity index (χ3n) is 3.81. The van der Waals surface area contributed by atoms with E-state index >= 15 is 0 Å². The summed E-state index contributed by atoms with van der Waals surface area (Å²) in [5, 5.41) is 11.9. The standard InChI is InChI=1S/C17H22N2O2/c18-13-15(12-14-6-2-1-3-7-14)17(20)19-10-11-21-16-8-4-5-9-16/h1-3,6-7,15-16H,4-5,8-12H2,(H,19,20). The maximum Gasteiger partial charge on any atom is 0.237 e. The molecule has 1 N–H and O–H groups in total. The monoisotopic (exact) mass is 286 g/mol. The van der Waals surface area contributed by atoms with E-state index in [1.807, 2.05) is 30.3 Å². The lowest BCUT2D eigenvalue weighted by Crippen LogP contribution is -2.34. The highest BCUT2D eigenvalue weighted by Crippen LogP contribution is 2.20. The fourth-order valence-electron chi connectivity index (χ4n) is 2.62. The van der Waals surface area contributed by atoms with Crippen LogP contribution in [0.4, 0.5) is 0 Å². The fraction of sp³-hybridized carbons (Fsp3) is 0.529. The van der Waals surface area contributed by atoms with Gasteiger partial charge in [-0.1, -0.05) is 43.2 Å². The molecular weight excluding hydrogens is 264 g/mol. The van der Waals surface area contributed by atoms with Crippen LogP contribution in [-0.4, -0.2) is 25.2 Å². The molecular formula is C17H22N2O2. The van der Waals surface area contributed by atoms with E-state index in [1.54, 1.807) is 0 Å². The van der Waals surface area contributed by atoms with Gasteiger partial charge in [0.15, 0.2) is 0 Å². The van der Waals surface area contributed by atoms with Gasteiger partial charge in [-0.3, -0.25) is 4.79 Å². The van der Waals surface area contributed by atoms with Crippen LogP contribution < -0.4 is 5.32 Å².